The monoisotopic (exact) mass is 675 g/mol. The van der Waals surface area contributed by atoms with Crippen LogP contribution >= 0.6 is 23.2 Å². The quantitative estimate of drug-likeness (QED) is 0.234. The maximum atomic E-state index is 14.0. The zero-order chi connectivity index (χ0) is 32.6. The zero-order valence-corrected chi connectivity index (χ0v) is 28.0. The first-order valence-corrected chi connectivity index (χ1v) is 17.4. The predicted octanol–water partition coefficient (Wildman–Crippen LogP) is 5.72. The van der Waals surface area contributed by atoms with Crippen LogP contribution in [0.2, 0.25) is 10.0 Å². The molecule has 1 aliphatic rings. The smallest absolute Gasteiger partial charge is 0.243 e. The average Bonchev–Trinajstić information content (AvgIpc) is 3.01. The minimum absolute atomic E-state index is 0.000639. The molecule has 1 N–H and O–H groups in total. The minimum Gasteiger partial charge on any atom is -0.486 e. The van der Waals surface area contributed by atoms with Crippen LogP contribution in [-0.2, 0) is 32.6 Å². The maximum Gasteiger partial charge on any atom is 0.243 e. The highest BCUT2D eigenvalue weighted by Crippen LogP contribution is 2.35. The lowest BCUT2D eigenvalue weighted by Crippen LogP contribution is -2.51. The maximum absolute atomic E-state index is 14.0. The van der Waals surface area contributed by atoms with Crippen LogP contribution in [0.5, 0.6) is 11.5 Å². The fourth-order valence-corrected chi connectivity index (χ4v) is 6.28. The Morgan fingerprint density at radius 3 is 2.29 bits per heavy atom. The van der Waals surface area contributed by atoms with Gasteiger partial charge in [0.15, 0.2) is 11.5 Å². The lowest BCUT2D eigenvalue weighted by Gasteiger charge is -2.32. The number of amides is 2. The van der Waals surface area contributed by atoms with Crippen molar-refractivity contribution in [2.45, 2.75) is 45.7 Å². The van der Waals surface area contributed by atoms with E-state index in [9.17, 15) is 18.0 Å². The van der Waals surface area contributed by atoms with Crippen LogP contribution in [0.1, 0.15) is 37.8 Å². The van der Waals surface area contributed by atoms with Crippen molar-refractivity contribution in [1.29, 1.82) is 0 Å². The highest BCUT2D eigenvalue weighted by atomic mass is 35.5. The highest BCUT2D eigenvalue weighted by Gasteiger charge is 2.31. The Morgan fingerprint density at radius 1 is 0.911 bits per heavy atom. The number of nitrogens with one attached hydrogen (secondary N) is 1. The Bertz CT molecular complexity index is 1590. The molecule has 0 saturated heterocycles. The van der Waals surface area contributed by atoms with Crippen molar-refractivity contribution in [3.05, 3.63) is 87.9 Å². The molecule has 9 nitrogen and oxygen atoms in total. The lowest BCUT2D eigenvalue weighted by atomic mass is 10.0. The molecule has 45 heavy (non-hydrogen) atoms. The van der Waals surface area contributed by atoms with Crippen LogP contribution in [0.4, 0.5) is 5.69 Å². The van der Waals surface area contributed by atoms with Gasteiger partial charge < -0.3 is 19.7 Å². The van der Waals surface area contributed by atoms with Gasteiger partial charge in [0.2, 0.25) is 21.8 Å². The van der Waals surface area contributed by atoms with E-state index in [2.05, 4.69) is 5.32 Å². The molecule has 0 radical (unpaired) electrons. The third-order valence-corrected chi connectivity index (χ3v) is 9.19. The van der Waals surface area contributed by atoms with E-state index in [1.54, 1.807) is 41.3 Å². The fourth-order valence-electron chi connectivity index (χ4n) is 5.00. The Morgan fingerprint density at radius 2 is 1.62 bits per heavy atom. The zero-order valence-electron chi connectivity index (χ0n) is 25.7. The summed E-state index contributed by atoms with van der Waals surface area (Å²) in [5, 5.41) is 3.72. The standard InChI is InChI=1S/C33H39Cl2N3O6S/c1-23(2)21-36-33(40)29(19-24-8-5-4-6-9-24)37(22-25-11-13-27(34)28(35)18-25)32(39)10-7-15-38(45(3,41)42)26-12-14-30-31(20-26)44-17-16-43-30/h4-6,8-9,11-14,18,20,23,29H,7,10,15-17,19,21-22H2,1-3H3,(H,36,40)/t29-/m1/s1. The van der Waals surface area contributed by atoms with Crippen molar-refractivity contribution in [1.82, 2.24) is 10.2 Å². The Kier molecular flexibility index (Phi) is 12.0. The summed E-state index contributed by atoms with van der Waals surface area (Å²) < 4.78 is 38.1. The molecule has 0 aromatic heterocycles. The van der Waals surface area contributed by atoms with Gasteiger partial charge in [-0.1, -0.05) is 73.4 Å². The molecular formula is C33H39Cl2N3O6S. The van der Waals surface area contributed by atoms with Gasteiger partial charge in [-0.25, -0.2) is 8.42 Å². The number of carbonyl (C=O) groups excluding carboxylic acids is 2. The van der Waals surface area contributed by atoms with Crippen LogP contribution in [0, 0.1) is 5.92 Å². The molecule has 0 fully saturated rings. The number of nitrogens with zero attached hydrogens (tertiary/aromatic N) is 2. The number of rotatable bonds is 14. The Balaban J connectivity index is 1.59. The second kappa shape index (κ2) is 15.7. The van der Waals surface area contributed by atoms with Gasteiger partial charge in [0.1, 0.15) is 19.3 Å². The number of sulfonamides is 1. The molecule has 1 atom stereocenters. The predicted molar refractivity (Wildman–Crippen MR) is 178 cm³/mol. The molecule has 0 bridgehead atoms. The summed E-state index contributed by atoms with van der Waals surface area (Å²) in [4.78, 5) is 29.2. The minimum atomic E-state index is -3.69. The van der Waals surface area contributed by atoms with Gasteiger partial charge in [0.25, 0.3) is 0 Å². The van der Waals surface area contributed by atoms with Crippen molar-refractivity contribution < 1.29 is 27.5 Å². The number of halogens is 2. The van der Waals surface area contributed by atoms with Gasteiger partial charge in [-0.05, 0) is 47.7 Å². The molecule has 0 aliphatic carbocycles. The first-order chi connectivity index (χ1) is 21.4. The Labute approximate surface area is 275 Å². The molecule has 3 aromatic carbocycles. The van der Waals surface area contributed by atoms with E-state index >= 15 is 0 Å². The van der Waals surface area contributed by atoms with E-state index in [1.165, 1.54) is 4.31 Å². The van der Waals surface area contributed by atoms with Crippen LogP contribution in [0.15, 0.2) is 66.7 Å². The van der Waals surface area contributed by atoms with Crippen LogP contribution in [-0.4, -0.2) is 63.7 Å². The second-order valence-corrected chi connectivity index (χ2v) is 14.1. The van der Waals surface area contributed by atoms with Gasteiger partial charge >= 0.3 is 0 Å². The number of carbonyl (C=O) groups is 2. The highest BCUT2D eigenvalue weighted by molar-refractivity contribution is 7.92. The molecule has 242 valence electrons. The van der Waals surface area contributed by atoms with Crippen LogP contribution in [0.3, 0.4) is 0 Å². The number of ether oxygens (including phenoxy) is 2. The summed E-state index contributed by atoms with van der Waals surface area (Å²) in [7, 11) is -3.69. The number of hydrogen-bond acceptors (Lipinski definition) is 6. The fraction of sp³-hybridized carbons (Fsp3) is 0.394. The van der Waals surface area contributed by atoms with Crippen molar-refractivity contribution >= 4 is 50.7 Å². The molecule has 1 aliphatic heterocycles. The first kappa shape index (κ1) is 34.4. The molecule has 4 rings (SSSR count). The number of hydrogen-bond donors (Lipinski definition) is 1. The topological polar surface area (TPSA) is 105 Å². The molecule has 2 amide bonds. The van der Waals surface area contributed by atoms with E-state index in [-0.39, 0.29) is 43.7 Å². The number of benzene rings is 3. The summed E-state index contributed by atoms with van der Waals surface area (Å²) in [6.45, 7) is 5.41. The van der Waals surface area contributed by atoms with Crippen molar-refractivity contribution in [3.63, 3.8) is 0 Å². The van der Waals surface area contributed by atoms with Crippen molar-refractivity contribution in [2.24, 2.45) is 5.92 Å². The van der Waals surface area contributed by atoms with E-state index in [0.717, 1.165) is 11.8 Å². The third-order valence-electron chi connectivity index (χ3n) is 7.26. The van der Waals surface area contributed by atoms with Crippen molar-refractivity contribution in [2.75, 3.05) is 36.9 Å². The van der Waals surface area contributed by atoms with E-state index in [0.29, 0.717) is 59.0 Å². The molecule has 0 unspecified atom stereocenters. The van der Waals surface area contributed by atoms with Crippen LogP contribution < -0.4 is 19.1 Å². The second-order valence-electron chi connectivity index (χ2n) is 11.4. The summed E-state index contributed by atoms with van der Waals surface area (Å²) >= 11 is 12.5. The van der Waals surface area contributed by atoms with E-state index < -0.39 is 16.1 Å². The molecular weight excluding hydrogens is 637 g/mol. The largest absolute Gasteiger partial charge is 0.486 e. The molecule has 1 heterocycles. The van der Waals surface area contributed by atoms with Gasteiger partial charge in [0, 0.05) is 38.5 Å². The summed E-state index contributed by atoms with van der Waals surface area (Å²) in [6, 6.07) is 18.8. The summed E-state index contributed by atoms with van der Waals surface area (Å²) in [6.07, 6.45) is 1.63. The summed E-state index contributed by atoms with van der Waals surface area (Å²) in [5.41, 5.74) is 2.02. The lowest BCUT2D eigenvalue weighted by molar-refractivity contribution is -0.141. The van der Waals surface area contributed by atoms with Gasteiger partial charge in [-0.3, -0.25) is 13.9 Å². The normalized spacial score (nSPS) is 13.3. The third kappa shape index (κ3) is 9.76. The van der Waals surface area contributed by atoms with E-state index in [1.807, 2.05) is 44.2 Å². The first-order valence-electron chi connectivity index (χ1n) is 14.8. The SMILES string of the molecule is CC(C)CNC(=O)[C@@H](Cc1ccccc1)N(Cc1ccc(Cl)c(Cl)c1)C(=O)CCCN(c1ccc2c(c1)OCCO2)S(C)(=O)=O. The van der Waals surface area contributed by atoms with Crippen molar-refractivity contribution in [3.8, 4) is 11.5 Å². The molecule has 0 saturated carbocycles. The Hall–Kier alpha value is -3.47. The molecule has 12 heteroatoms. The molecule has 3 aromatic rings. The van der Waals surface area contributed by atoms with E-state index in [4.69, 9.17) is 32.7 Å². The number of anilines is 1. The molecule has 0 spiro atoms. The average molecular weight is 677 g/mol. The van der Waals surface area contributed by atoms with Gasteiger partial charge in [-0.15, -0.1) is 0 Å². The summed E-state index contributed by atoms with van der Waals surface area (Å²) in [5.74, 6) is 0.666. The van der Waals surface area contributed by atoms with Crippen LogP contribution in [0.25, 0.3) is 0 Å². The van der Waals surface area contributed by atoms with Gasteiger partial charge in [-0.2, -0.15) is 0 Å². The number of fused-ring (bicyclic) bond motifs is 1. The van der Waals surface area contributed by atoms with Gasteiger partial charge in [0.05, 0.1) is 22.0 Å².